The normalized spacial score (nSPS) is 19.6. The highest BCUT2D eigenvalue weighted by molar-refractivity contribution is 14.1. The van der Waals surface area contributed by atoms with Gasteiger partial charge in [0.15, 0.2) is 0 Å². The highest BCUT2D eigenvalue weighted by Crippen LogP contribution is 2.29. The van der Waals surface area contributed by atoms with Gasteiger partial charge in [0.1, 0.15) is 11.6 Å². The summed E-state index contributed by atoms with van der Waals surface area (Å²) in [7, 11) is 0. The van der Waals surface area contributed by atoms with Crippen molar-refractivity contribution in [3.05, 3.63) is 27.3 Å². The van der Waals surface area contributed by atoms with Crippen LogP contribution in [0, 0.1) is 9.39 Å². The first-order valence-electron chi connectivity index (χ1n) is 6.71. The molecule has 1 aliphatic heterocycles. The molecule has 1 aromatic heterocycles. The predicted octanol–water partition coefficient (Wildman–Crippen LogP) is 4.80. The van der Waals surface area contributed by atoms with Crippen LogP contribution in [0.4, 0.5) is 4.39 Å². The molecule has 2 nitrogen and oxygen atoms in total. The summed E-state index contributed by atoms with van der Waals surface area (Å²) in [6.45, 7) is 0.878. The molecule has 0 spiro atoms. The van der Waals surface area contributed by atoms with Crippen LogP contribution in [0.25, 0.3) is 11.0 Å². The van der Waals surface area contributed by atoms with Gasteiger partial charge < -0.3 is 4.57 Å². The topological polar surface area (TPSA) is 17.8 Å². The van der Waals surface area contributed by atoms with Crippen molar-refractivity contribution in [3.8, 4) is 0 Å². The average Bonchev–Trinajstić information content (AvgIpc) is 2.78. The number of hydrogen-bond acceptors (Lipinski definition) is 2. The number of rotatable bonds is 3. The lowest BCUT2D eigenvalue weighted by Crippen LogP contribution is -2.18. The van der Waals surface area contributed by atoms with Crippen LogP contribution in [-0.2, 0) is 12.4 Å². The maximum atomic E-state index is 13.8. The van der Waals surface area contributed by atoms with Gasteiger partial charge in [0.2, 0.25) is 0 Å². The van der Waals surface area contributed by atoms with Gasteiger partial charge in [-0.05, 0) is 47.3 Å². The molecular weight excluding hydrogens is 410 g/mol. The van der Waals surface area contributed by atoms with Crippen molar-refractivity contribution in [2.45, 2.75) is 36.9 Å². The van der Waals surface area contributed by atoms with E-state index in [-0.39, 0.29) is 5.82 Å². The Kier molecular flexibility index (Phi) is 4.77. The molecule has 1 aliphatic rings. The molecule has 108 valence electrons. The van der Waals surface area contributed by atoms with Crippen LogP contribution in [0.3, 0.4) is 0 Å². The Morgan fingerprint density at radius 2 is 2.30 bits per heavy atom. The highest BCUT2D eigenvalue weighted by atomic mass is 127. The second kappa shape index (κ2) is 6.40. The zero-order chi connectivity index (χ0) is 14.1. The Hall–Kier alpha value is -0.0100. The fourth-order valence-corrected chi connectivity index (χ4v) is 4.58. The lowest BCUT2D eigenvalue weighted by molar-refractivity contribution is 0.579. The summed E-state index contributed by atoms with van der Waals surface area (Å²) in [4.78, 5) is 4.55. The summed E-state index contributed by atoms with van der Waals surface area (Å²) in [5.41, 5.74) is 1.71. The minimum absolute atomic E-state index is 0.184. The van der Waals surface area contributed by atoms with Gasteiger partial charge in [-0.25, -0.2) is 9.37 Å². The fourth-order valence-electron chi connectivity index (χ4n) is 2.63. The zero-order valence-corrected chi connectivity index (χ0v) is 14.6. The molecule has 1 saturated heterocycles. The van der Waals surface area contributed by atoms with E-state index < -0.39 is 0 Å². The lowest BCUT2D eigenvalue weighted by atomic mass is 10.2. The molecule has 6 heteroatoms. The van der Waals surface area contributed by atoms with Gasteiger partial charge in [-0.2, -0.15) is 11.8 Å². The summed E-state index contributed by atoms with van der Waals surface area (Å²) in [6.07, 6.45) is 3.81. The molecule has 2 aromatic rings. The Labute approximate surface area is 140 Å². The summed E-state index contributed by atoms with van der Waals surface area (Å²) >= 11 is 10.0. The lowest BCUT2D eigenvalue weighted by Gasteiger charge is -2.22. The van der Waals surface area contributed by atoms with Crippen LogP contribution in [0.1, 0.15) is 25.1 Å². The molecule has 1 aromatic carbocycles. The molecule has 0 N–H and O–H groups in total. The maximum Gasteiger partial charge on any atom is 0.138 e. The van der Waals surface area contributed by atoms with Crippen molar-refractivity contribution >= 4 is 57.0 Å². The van der Waals surface area contributed by atoms with Crippen LogP contribution in [0.5, 0.6) is 0 Å². The Balaban J connectivity index is 2.00. The summed E-state index contributed by atoms with van der Waals surface area (Å²) in [6, 6.07) is 3.39. The fraction of sp³-hybridized carbons (Fsp3) is 0.500. The first-order valence-corrected chi connectivity index (χ1v) is 9.37. The number of nitrogens with zero attached hydrogens (tertiary/aromatic N) is 2. The predicted molar refractivity (Wildman–Crippen MR) is 92.1 cm³/mol. The number of fused-ring (bicyclic) bond motifs is 1. The Morgan fingerprint density at radius 3 is 3.00 bits per heavy atom. The number of thioether (sulfide) groups is 1. The standard InChI is InChI=1S/C14H15ClFIN2S/c15-7-14-18-12-6-11(17)10(16)5-13(12)19(14)8-9-3-1-2-4-20-9/h5-6,9H,1-4,7-8H2. The summed E-state index contributed by atoms with van der Waals surface area (Å²) in [5.74, 6) is 2.25. The largest absolute Gasteiger partial charge is 0.326 e. The van der Waals surface area contributed by atoms with Gasteiger partial charge in [0, 0.05) is 17.9 Å². The number of imidazole rings is 1. The van der Waals surface area contributed by atoms with E-state index in [2.05, 4.69) is 9.55 Å². The number of benzene rings is 1. The van der Waals surface area contributed by atoms with Crippen molar-refractivity contribution in [1.82, 2.24) is 9.55 Å². The minimum atomic E-state index is -0.184. The van der Waals surface area contributed by atoms with Gasteiger partial charge in [-0.1, -0.05) is 6.42 Å². The second-order valence-electron chi connectivity index (χ2n) is 5.02. The van der Waals surface area contributed by atoms with Gasteiger partial charge in [0.25, 0.3) is 0 Å². The zero-order valence-electron chi connectivity index (χ0n) is 10.9. The average molecular weight is 425 g/mol. The van der Waals surface area contributed by atoms with E-state index in [0.29, 0.717) is 14.7 Å². The van der Waals surface area contributed by atoms with Crippen molar-refractivity contribution in [1.29, 1.82) is 0 Å². The molecule has 1 unspecified atom stereocenters. The van der Waals surface area contributed by atoms with E-state index >= 15 is 0 Å². The van der Waals surface area contributed by atoms with Gasteiger partial charge in [-0.3, -0.25) is 0 Å². The van der Waals surface area contributed by atoms with Crippen molar-refractivity contribution in [3.63, 3.8) is 0 Å². The molecule has 1 fully saturated rings. The Bertz CT molecular complexity index is 625. The van der Waals surface area contributed by atoms with Crippen LogP contribution in [0.15, 0.2) is 12.1 Å². The van der Waals surface area contributed by atoms with Crippen molar-refractivity contribution in [2.75, 3.05) is 5.75 Å². The summed E-state index contributed by atoms with van der Waals surface area (Å²) in [5, 5.41) is 0.588. The molecule has 0 radical (unpaired) electrons. The van der Waals surface area contributed by atoms with E-state index in [1.807, 2.05) is 34.4 Å². The number of alkyl halides is 1. The minimum Gasteiger partial charge on any atom is -0.326 e. The quantitative estimate of drug-likeness (QED) is 0.520. The van der Waals surface area contributed by atoms with Gasteiger partial charge in [-0.15, -0.1) is 11.6 Å². The molecular formula is C14H15ClFIN2S. The molecule has 3 rings (SSSR count). The van der Waals surface area contributed by atoms with Crippen LogP contribution in [0.2, 0.25) is 0 Å². The molecule has 2 heterocycles. The first-order chi connectivity index (χ1) is 9.69. The van der Waals surface area contributed by atoms with Crippen molar-refractivity contribution < 1.29 is 4.39 Å². The van der Waals surface area contributed by atoms with Crippen molar-refractivity contribution in [2.24, 2.45) is 0 Å². The van der Waals surface area contributed by atoms with E-state index in [0.717, 1.165) is 23.4 Å². The van der Waals surface area contributed by atoms with E-state index in [9.17, 15) is 4.39 Å². The monoisotopic (exact) mass is 424 g/mol. The summed E-state index contributed by atoms with van der Waals surface area (Å²) < 4.78 is 16.5. The highest BCUT2D eigenvalue weighted by Gasteiger charge is 2.19. The number of aromatic nitrogens is 2. The molecule has 0 amide bonds. The molecule has 0 bridgehead atoms. The van der Waals surface area contributed by atoms with E-state index in [1.54, 1.807) is 12.1 Å². The third kappa shape index (κ3) is 2.95. The van der Waals surface area contributed by atoms with Gasteiger partial charge in [0.05, 0.1) is 20.5 Å². The third-order valence-corrected chi connectivity index (χ3v) is 6.10. The van der Waals surface area contributed by atoms with E-state index in [1.165, 1.54) is 25.0 Å². The smallest absolute Gasteiger partial charge is 0.138 e. The number of hydrogen-bond donors (Lipinski definition) is 0. The van der Waals surface area contributed by atoms with Crippen LogP contribution in [-0.4, -0.2) is 20.6 Å². The second-order valence-corrected chi connectivity index (χ2v) is 7.85. The molecule has 20 heavy (non-hydrogen) atoms. The molecule has 1 atom stereocenters. The first kappa shape index (κ1) is 14.9. The number of halogens is 3. The van der Waals surface area contributed by atoms with E-state index in [4.69, 9.17) is 11.6 Å². The van der Waals surface area contributed by atoms with Gasteiger partial charge >= 0.3 is 0 Å². The van der Waals surface area contributed by atoms with Crippen LogP contribution < -0.4 is 0 Å². The SMILES string of the molecule is Fc1cc2c(cc1I)nc(CCl)n2CC1CCCCS1. The molecule has 0 saturated carbocycles. The maximum absolute atomic E-state index is 13.8. The van der Waals surface area contributed by atoms with Crippen LogP contribution >= 0.6 is 46.0 Å². The third-order valence-electron chi connectivity index (χ3n) is 3.65. The molecule has 0 aliphatic carbocycles. The Morgan fingerprint density at radius 1 is 1.45 bits per heavy atom.